The highest BCUT2D eigenvalue weighted by Crippen LogP contribution is 2.23. The van der Waals surface area contributed by atoms with E-state index in [1.54, 1.807) is 18.2 Å². The van der Waals surface area contributed by atoms with E-state index in [9.17, 15) is 8.78 Å². The van der Waals surface area contributed by atoms with Gasteiger partial charge in [-0.05, 0) is 36.2 Å². The van der Waals surface area contributed by atoms with Crippen molar-refractivity contribution in [1.29, 1.82) is 0 Å². The molecule has 0 atom stereocenters. The normalized spacial score (nSPS) is 9.47. The summed E-state index contributed by atoms with van der Waals surface area (Å²) in [4.78, 5) is 0. The summed E-state index contributed by atoms with van der Waals surface area (Å²) in [5, 5.41) is 0. The fourth-order valence-electron chi connectivity index (χ4n) is 1.48. The molecule has 2 rings (SSSR count). The molecule has 0 radical (unpaired) electrons. The van der Waals surface area contributed by atoms with E-state index in [-0.39, 0.29) is 11.6 Å². The van der Waals surface area contributed by atoms with Crippen molar-refractivity contribution in [2.45, 2.75) is 20.8 Å². The molecule has 0 aromatic heterocycles. The average molecular weight is 234 g/mol. The Morgan fingerprint density at radius 2 is 1.41 bits per heavy atom. The van der Waals surface area contributed by atoms with E-state index in [0.29, 0.717) is 11.1 Å². The molecule has 0 spiro atoms. The molecular formula is C15H16F2. The summed E-state index contributed by atoms with van der Waals surface area (Å²) < 4.78 is 26.2. The van der Waals surface area contributed by atoms with Crippen LogP contribution in [-0.4, -0.2) is 0 Å². The molecule has 0 fully saturated rings. The predicted octanol–water partition coefficient (Wildman–Crippen LogP) is 4.97. The molecule has 0 amide bonds. The van der Waals surface area contributed by atoms with Crippen LogP contribution in [0.15, 0.2) is 42.5 Å². The van der Waals surface area contributed by atoms with Crippen LogP contribution >= 0.6 is 0 Å². The summed E-state index contributed by atoms with van der Waals surface area (Å²) in [6, 6.07) is 10.8. The molecule has 2 heteroatoms. The van der Waals surface area contributed by atoms with E-state index in [1.807, 2.05) is 26.8 Å². The zero-order valence-electron chi connectivity index (χ0n) is 10.3. The smallest absolute Gasteiger partial charge is 0.131 e. The lowest BCUT2D eigenvalue weighted by molar-refractivity contribution is 0.625. The van der Waals surface area contributed by atoms with Crippen LogP contribution < -0.4 is 0 Å². The van der Waals surface area contributed by atoms with Crippen molar-refractivity contribution in [3.8, 4) is 11.1 Å². The van der Waals surface area contributed by atoms with E-state index in [4.69, 9.17) is 0 Å². The van der Waals surface area contributed by atoms with E-state index in [2.05, 4.69) is 0 Å². The third kappa shape index (κ3) is 3.38. The second-order valence-electron chi connectivity index (χ2n) is 3.49. The summed E-state index contributed by atoms with van der Waals surface area (Å²) in [6.45, 7) is 5.83. The minimum absolute atomic E-state index is 0.276. The first kappa shape index (κ1) is 13.4. The molecule has 0 aliphatic heterocycles. The number of aryl methyl sites for hydroxylation is 1. The van der Waals surface area contributed by atoms with E-state index in [0.717, 1.165) is 5.56 Å². The van der Waals surface area contributed by atoms with Crippen molar-refractivity contribution >= 4 is 0 Å². The van der Waals surface area contributed by atoms with Gasteiger partial charge in [0.1, 0.15) is 11.6 Å². The maximum absolute atomic E-state index is 13.5. The van der Waals surface area contributed by atoms with Gasteiger partial charge in [0.05, 0.1) is 0 Å². The van der Waals surface area contributed by atoms with Crippen molar-refractivity contribution in [3.05, 3.63) is 59.7 Å². The van der Waals surface area contributed by atoms with Gasteiger partial charge >= 0.3 is 0 Å². The molecule has 90 valence electrons. The fourth-order valence-corrected chi connectivity index (χ4v) is 1.48. The molecule has 2 aromatic carbocycles. The van der Waals surface area contributed by atoms with E-state index in [1.165, 1.54) is 18.2 Å². The van der Waals surface area contributed by atoms with Gasteiger partial charge in [0.15, 0.2) is 0 Å². The molecule has 0 aliphatic carbocycles. The maximum Gasteiger partial charge on any atom is 0.131 e. The van der Waals surface area contributed by atoms with E-state index >= 15 is 0 Å². The van der Waals surface area contributed by atoms with Gasteiger partial charge in [-0.25, -0.2) is 8.78 Å². The van der Waals surface area contributed by atoms with Crippen molar-refractivity contribution in [2.75, 3.05) is 0 Å². The van der Waals surface area contributed by atoms with Crippen LogP contribution in [-0.2, 0) is 0 Å². The van der Waals surface area contributed by atoms with Gasteiger partial charge in [0, 0.05) is 5.56 Å². The van der Waals surface area contributed by atoms with Gasteiger partial charge in [-0.1, -0.05) is 38.1 Å². The first-order chi connectivity index (χ1) is 8.16. The molecule has 0 N–H and O–H groups in total. The van der Waals surface area contributed by atoms with Crippen LogP contribution in [0.5, 0.6) is 0 Å². The molecule has 0 saturated heterocycles. The highest BCUT2D eigenvalue weighted by Gasteiger charge is 2.04. The fraction of sp³-hybridized carbons (Fsp3) is 0.200. The van der Waals surface area contributed by atoms with Gasteiger partial charge in [-0.2, -0.15) is 0 Å². The Labute approximate surface area is 101 Å². The van der Waals surface area contributed by atoms with Gasteiger partial charge in [-0.3, -0.25) is 0 Å². The summed E-state index contributed by atoms with van der Waals surface area (Å²) >= 11 is 0. The van der Waals surface area contributed by atoms with Crippen molar-refractivity contribution in [1.82, 2.24) is 0 Å². The Hall–Kier alpha value is -1.70. The van der Waals surface area contributed by atoms with Crippen LogP contribution in [0.2, 0.25) is 0 Å². The van der Waals surface area contributed by atoms with Gasteiger partial charge in [0.25, 0.3) is 0 Å². The Kier molecular flexibility index (Phi) is 4.83. The minimum atomic E-state index is -0.314. The van der Waals surface area contributed by atoms with Crippen LogP contribution in [0.25, 0.3) is 11.1 Å². The molecule has 2 aromatic rings. The van der Waals surface area contributed by atoms with Crippen molar-refractivity contribution in [3.63, 3.8) is 0 Å². The first-order valence-corrected chi connectivity index (χ1v) is 5.69. The van der Waals surface area contributed by atoms with Gasteiger partial charge in [0.2, 0.25) is 0 Å². The number of hydrogen-bond donors (Lipinski definition) is 0. The molecule has 0 bridgehead atoms. The molecule has 0 unspecified atom stereocenters. The lowest BCUT2D eigenvalue weighted by Crippen LogP contribution is -1.85. The number of hydrogen-bond acceptors (Lipinski definition) is 0. The van der Waals surface area contributed by atoms with Crippen molar-refractivity contribution < 1.29 is 8.78 Å². The van der Waals surface area contributed by atoms with Crippen LogP contribution in [0.3, 0.4) is 0 Å². The SMILES string of the molecule is CC.Cc1ccc(-c2ccc(F)cc2)c(F)c1. The number of rotatable bonds is 1. The largest absolute Gasteiger partial charge is 0.207 e. The summed E-state index contributed by atoms with van der Waals surface area (Å²) in [6.07, 6.45) is 0. The van der Waals surface area contributed by atoms with Crippen LogP contribution in [0, 0.1) is 18.6 Å². The molecule has 17 heavy (non-hydrogen) atoms. The average Bonchev–Trinajstić information content (AvgIpc) is 2.33. The Bertz CT molecular complexity index is 473. The quantitative estimate of drug-likeness (QED) is 0.653. The van der Waals surface area contributed by atoms with Crippen LogP contribution in [0.1, 0.15) is 19.4 Å². The number of benzene rings is 2. The topological polar surface area (TPSA) is 0 Å². The second-order valence-corrected chi connectivity index (χ2v) is 3.49. The van der Waals surface area contributed by atoms with Crippen molar-refractivity contribution in [2.24, 2.45) is 0 Å². The molecule has 0 saturated carbocycles. The maximum atomic E-state index is 13.5. The lowest BCUT2D eigenvalue weighted by Gasteiger charge is -2.04. The summed E-state index contributed by atoms with van der Waals surface area (Å²) in [7, 11) is 0. The summed E-state index contributed by atoms with van der Waals surface area (Å²) in [5.41, 5.74) is 2.06. The standard InChI is InChI=1S/C13H10F2.C2H6/c1-9-2-7-12(13(15)8-9)10-3-5-11(14)6-4-10;1-2/h2-8H,1H3;1-2H3. The Morgan fingerprint density at radius 3 is 1.94 bits per heavy atom. The molecule has 0 heterocycles. The third-order valence-electron chi connectivity index (χ3n) is 2.28. The Balaban J connectivity index is 0.000000686. The first-order valence-electron chi connectivity index (χ1n) is 5.69. The molecule has 0 aliphatic rings. The highest BCUT2D eigenvalue weighted by atomic mass is 19.1. The van der Waals surface area contributed by atoms with Gasteiger partial charge < -0.3 is 0 Å². The highest BCUT2D eigenvalue weighted by molar-refractivity contribution is 5.64. The zero-order chi connectivity index (χ0) is 12.8. The zero-order valence-corrected chi connectivity index (χ0v) is 10.3. The molecular weight excluding hydrogens is 218 g/mol. The number of halogens is 2. The minimum Gasteiger partial charge on any atom is -0.207 e. The van der Waals surface area contributed by atoms with Crippen LogP contribution in [0.4, 0.5) is 8.78 Å². The molecule has 0 nitrogen and oxygen atoms in total. The Morgan fingerprint density at radius 1 is 0.824 bits per heavy atom. The summed E-state index contributed by atoms with van der Waals surface area (Å²) in [5.74, 6) is -0.590. The second kappa shape index (κ2) is 6.14. The monoisotopic (exact) mass is 234 g/mol. The van der Waals surface area contributed by atoms with Gasteiger partial charge in [-0.15, -0.1) is 0 Å². The predicted molar refractivity (Wildman–Crippen MR) is 67.9 cm³/mol. The van der Waals surface area contributed by atoms with E-state index < -0.39 is 0 Å². The lowest BCUT2D eigenvalue weighted by atomic mass is 10.0. The third-order valence-corrected chi connectivity index (χ3v) is 2.28.